The van der Waals surface area contributed by atoms with Crippen LogP contribution in [0.4, 0.5) is 0 Å². The van der Waals surface area contributed by atoms with Crippen LogP contribution < -0.4 is 4.85 Å². The maximum Gasteiger partial charge on any atom is 0.270 e. The second-order valence-corrected chi connectivity index (χ2v) is 4.95. The lowest BCUT2D eigenvalue weighted by Crippen LogP contribution is -2.37. The van der Waals surface area contributed by atoms with Crippen LogP contribution in [0, 0.1) is 5.21 Å². The predicted octanol–water partition coefficient (Wildman–Crippen LogP) is 0.528. The summed E-state index contributed by atoms with van der Waals surface area (Å²) < 4.78 is 5.32. The van der Waals surface area contributed by atoms with Crippen LogP contribution in [0.15, 0.2) is 24.3 Å². The summed E-state index contributed by atoms with van der Waals surface area (Å²) in [5.74, 6) is 0.618. The first-order chi connectivity index (χ1) is 9.83. The van der Waals surface area contributed by atoms with E-state index in [9.17, 15) is 5.21 Å². The Hall–Kier alpha value is -1.79. The molecule has 0 unspecified atom stereocenters. The van der Waals surface area contributed by atoms with Crippen LogP contribution in [0.2, 0.25) is 0 Å². The molecule has 0 spiro atoms. The van der Waals surface area contributed by atoms with E-state index in [-0.39, 0.29) is 0 Å². The van der Waals surface area contributed by atoms with Gasteiger partial charge in [0.15, 0.2) is 5.82 Å². The van der Waals surface area contributed by atoms with Gasteiger partial charge in [-0.25, -0.2) is 4.98 Å². The van der Waals surface area contributed by atoms with Gasteiger partial charge in [-0.2, -0.15) is 0 Å². The summed E-state index contributed by atoms with van der Waals surface area (Å²) in [6, 6.07) is 7.28. The van der Waals surface area contributed by atoms with E-state index in [1.165, 1.54) is 0 Å². The topological polar surface area (TPSA) is 65.2 Å². The van der Waals surface area contributed by atoms with E-state index in [1.807, 2.05) is 18.2 Å². The fourth-order valence-electron chi connectivity index (χ4n) is 2.43. The van der Waals surface area contributed by atoms with Crippen molar-refractivity contribution >= 4 is 11.0 Å². The molecule has 1 aliphatic rings. The molecule has 2 heterocycles. The molecule has 3 rings (SSSR count). The van der Waals surface area contributed by atoms with E-state index in [4.69, 9.17) is 4.74 Å². The minimum absolute atomic E-state index is 0.518. The molecule has 0 radical (unpaired) electrons. The molecule has 6 nitrogen and oxygen atoms in total. The number of aryl methyl sites for hydroxylation is 1. The zero-order valence-electron chi connectivity index (χ0n) is 11.4. The number of morpholine rings is 1. The Morgan fingerprint density at radius 2 is 2.05 bits per heavy atom. The molecule has 6 heteroatoms. The van der Waals surface area contributed by atoms with Crippen molar-refractivity contribution in [1.29, 1.82) is 0 Å². The van der Waals surface area contributed by atoms with E-state index >= 15 is 0 Å². The van der Waals surface area contributed by atoms with Crippen LogP contribution in [0.1, 0.15) is 12.2 Å². The van der Waals surface area contributed by atoms with Crippen molar-refractivity contribution in [2.45, 2.75) is 12.8 Å². The molecular formula is C14H18N4O2. The van der Waals surface area contributed by atoms with E-state index < -0.39 is 0 Å². The van der Waals surface area contributed by atoms with E-state index in [0.29, 0.717) is 21.7 Å². The lowest BCUT2D eigenvalue weighted by molar-refractivity contribution is -0.644. The van der Waals surface area contributed by atoms with Crippen LogP contribution >= 0.6 is 0 Å². The highest BCUT2D eigenvalue weighted by Crippen LogP contribution is 2.07. The number of ether oxygens (including phenoxy) is 1. The molecule has 0 bridgehead atoms. The fourth-order valence-corrected chi connectivity index (χ4v) is 2.43. The van der Waals surface area contributed by atoms with Crippen LogP contribution in [0.5, 0.6) is 0 Å². The predicted molar refractivity (Wildman–Crippen MR) is 74.1 cm³/mol. The maximum atomic E-state index is 11.8. The molecule has 0 amide bonds. The summed E-state index contributed by atoms with van der Waals surface area (Å²) in [7, 11) is 0. The van der Waals surface area contributed by atoms with Crippen LogP contribution in [-0.2, 0) is 11.2 Å². The lowest BCUT2D eigenvalue weighted by atomic mass is 10.2. The molecule has 20 heavy (non-hydrogen) atoms. The van der Waals surface area contributed by atoms with Crippen molar-refractivity contribution in [2.24, 2.45) is 0 Å². The van der Waals surface area contributed by atoms with Crippen molar-refractivity contribution in [1.82, 2.24) is 15.0 Å². The molecule has 0 atom stereocenters. The standard InChI is InChI=1S/C14H18N4O2/c19-18-13-5-2-1-4-12(13)15-14(16-18)6-3-7-17-8-10-20-11-9-17/h1-2,4-5H,3,6-11H2. The van der Waals surface area contributed by atoms with Gasteiger partial charge in [0, 0.05) is 30.7 Å². The Balaban J connectivity index is 1.62. The van der Waals surface area contributed by atoms with E-state index in [2.05, 4.69) is 15.0 Å². The van der Waals surface area contributed by atoms with Crippen molar-refractivity contribution in [3.05, 3.63) is 35.3 Å². The molecule has 1 fully saturated rings. The molecule has 1 aromatic carbocycles. The number of benzene rings is 1. The first-order valence-electron chi connectivity index (χ1n) is 6.98. The van der Waals surface area contributed by atoms with Gasteiger partial charge in [-0.15, -0.1) is 0 Å². The summed E-state index contributed by atoms with van der Waals surface area (Å²) >= 11 is 0. The summed E-state index contributed by atoms with van der Waals surface area (Å²) in [4.78, 5) is 7.49. The zero-order valence-corrected chi connectivity index (χ0v) is 11.4. The number of hydrogen-bond acceptors (Lipinski definition) is 5. The molecule has 1 saturated heterocycles. The Bertz CT molecular complexity index is 584. The second-order valence-electron chi connectivity index (χ2n) is 4.95. The minimum atomic E-state index is 0.518. The quantitative estimate of drug-likeness (QED) is 0.601. The number of nitrogens with zero attached hydrogens (tertiary/aromatic N) is 4. The Labute approximate surface area is 117 Å². The van der Waals surface area contributed by atoms with Gasteiger partial charge >= 0.3 is 0 Å². The Morgan fingerprint density at radius 3 is 2.90 bits per heavy atom. The number of para-hydroxylation sites is 2. The number of aromatic nitrogens is 3. The SMILES string of the molecule is [O-][n+]1nc(CCCN2CCOCC2)nc2ccccc21. The van der Waals surface area contributed by atoms with Crippen molar-refractivity contribution in [3.8, 4) is 0 Å². The largest absolute Gasteiger partial charge is 0.594 e. The maximum absolute atomic E-state index is 11.8. The molecule has 2 aromatic rings. The van der Waals surface area contributed by atoms with Gasteiger partial charge in [0.25, 0.3) is 5.52 Å². The third kappa shape index (κ3) is 3.02. The lowest BCUT2D eigenvalue weighted by Gasteiger charge is -2.26. The van der Waals surface area contributed by atoms with Crippen molar-refractivity contribution in [2.75, 3.05) is 32.8 Å². The second kappa shape index (κ2) is 6.11. The van der Waals surface area contributed by atoms with Gasteiger partial charge in [-0.1, -0.05) is 12.1 Å². The summed E-state index contributed by atoms with van der Waals surface area (Å²) in [5, 5.41) is 15.8. The number of hydrogen-bond donors (Lipinski definition) is 0. The first kappa shape index (κ1) is 13.2. The minimum Gasteiger partial charge on any atom is -0.594 e. The molecular weight excluding hydrogens is 256 g/mol. The Morgan fingerprint density at radius 1 is 1.25 bits per heavy atom. The molecule has 0 N–H and O–H groups in total. The average molecular weight is 274 g/mol. The zero-order chi connectivity index (χ0) is 13.8. The normalized spacial score (nSPS) is 16.6. The molecule has 1 aromatic heterocycles. The van der Waals surface area contributed by atoms with Gasteiger partial charge in [0.1, 0.15) is 5.52 Å². The van der Waals surface area contributed by atoms with Crippen molar-refractivity contribution < 1.29 is 9.58 Å². The fraction of sp³-hybridized carbons (Fsp3) is 0.500. The van der Waals surface area contributed by atoms with Crippen LogP contribution in [0.3, 0.4) is 0 Å². The third-order valence-corrected chi connectivity index (χ3v) is 3.52. The van der Waals surface area contributed by atoms with E-state index in [0.717, 1.165) is 45.7 Å². The van der Waals surface area contributed by atoms with Gasteiger partial charge in [0.2, 0.25) is 0 Å². The average Bonchev–Trinajstić information content (AvgIpc) is 2.48. The van der Waals surface area contributed by atoms with Crippen LogP contribution in [0.25, 0.3) is 11.0 Å². The highest BCUT2D eigenvalue weighted by Gasteiger charge is 2.12. The molecule has 0 aliphatic carbocycles. The first-order valence-corrected chi connectivity index (χ1v) is 6.98. The van der Waals surface area contributed by atoms with Gasteiger partial charge in [0.05, 0.1) is 13.2 Å². The van der Waals surface area contributed by atoms with Gasteiger partial charge in [-0.05, 0) is 23.9 Å². The molecule has 106 valence electrons. The summed E-state index contributed by atoms with van der Waals surface area (Å²) in [6.45, 7) is 4.60. The van der Waals surface area contributed by atoms with Gasteiger partial charge < -0.3 is 9.94 Å². The Kier molecular flexibility index (Phi) is 4.03. The molecule has 1 aliphatic heterocycles. The number of fused-ring (bicyclic) bond motifs is 1. The third-order valence-electron chi connectivity index (χ3n) is 3.52. The monoisotopic (exact) mass is 274 g/mol. The number of rotatable bonds is 4. The van der Waals surface area contributed by atoms with Crippen molar-refractivity contribution in [3.63, 3.8) is 0 Å². The van der Waals surface area contributed by atoms with E-state index in [1.54, 1.807) is 6.07 Å². The van der Waals surface area contributed by atoms with Gasteiger partial charge in [-0.3, -0.25) is 4.90 Å². The highest BCUT2D eigenvalue weighted by atomic mass is 16.5. The smallest absolute Gasteiger partial charge is 0.270 e. The van der Waals surface area contributed by atoms with Crippen LogP contribution in [-0.4, -0.2) is 47.8 Å². The molecule has 0 saturated carbocycles. The highest BCUT2D eigenvalue weighted by molar-refractivity contribution is 5.70. The summed E-state index contributed by atoms with van der Waals surface area (Å²) in [5.41, 5.74) is 1.23. The summed E-state index contributed by atoms with van der Waals surface area (Å²) in [6.07, 6.45) is 1.68.